The van der Waals surface area contributed by atoms with Crippen LogP contribution in [0.5, 0.6) is 0 Å². The van der Waals surface area contributed by atoms with Gasteiger partial charge < -0.3 is 10.1 Å². The van der Waals surface area contributed by atoms with Gasteiger partial charge in [-0.2, -0.15) is 11.8 Å². The molecule has 1 fully saturated rings. The summed E-state index contributed by atoms with van der Waals surface area (Å²) in [6.07, 6.45) is 4.13. The summed E-state index contributed by atoms with van der Waals surface area (Å²) in [4.78, 5) is 0. The van der Waals surface area contributed by atoms with E-state index in [4.69, 9.17) is 4.74 Å². The standard InChI is InChI=1S/C10H21NOS/c1-3-13-10-6-4-5-9(10)11-7-8-12-2/h9-11H,3-8H2,1-2H3. The fourth-order valence-electron chi connectivity index (χ4n) is 1.92. The van der Waals surface area contributed by atoms with Crippen LogP contribution in [0, 0.1) is 0 Å². The van der Waals surface area contributed by atoms with E-state index in [0.717, 1.165) is 24.4 Å². The van der Waals surface area contributed by atoms with Crippen LogP contribution >= 0.6 is 11.8 Å². The van der Waals surface area contributed by atoms with Crippen molar-refractivity contribution < 1.29 is 4.74 Å². The molecule has 0 aromatic heterocycles. The first-order chi connectivity index (χ1) is 6.38. The molecule has 2 atom stereocenters. The minimum atomic E-state index is 0.736. The van der Waals surface area contributed by atoms with Crippen molar-refractivity contribution in [3.63, 3.8) is 0 Å². The molecule has 0 heterocycles. The third kappa shape index (κ3) is 3.88. The Morgan fingerprint density at radius 1 is 1.46 bits per heavy atom. The van der Waals surface area contributed by atoms with E-state index < -0.39 is 0 Å². The molecule has 1 aliphatic rings. The van der Waals surface area contributed by atoms with Crippen LogP contribution in [0.3, 0.4) is 0 Å². The van der Waals surface area contributed by atoms with Crippen molar-refractivity contribution in [3.8, 4) is 0 Å². The van der Waals surface area contributed by atoms with Crippen molar-refractivity contribution in [3.05, 3.63) is 0 Å². The van der Waals surface area contributed by atoms with Gasteiger partial charge >= 0.3 is 0 Å². The van der Waals surface area contributed by atoms with E-state index in [1.807, 2.05) is 0 Å². The van der Waals surface area contributed by atoms with Gasteiger partial charge in [0.05, 0.1) is 6.61 Å². The van der Waals surface area contributed by atoms with Crippen molar-refractivity contribution in [1.82, 2.24) is 5.32 Å². The number of rotatable bonds is 6. The quantitative estimate of drug-likeness (QED) is 0.666. The maximum atomic E-state index is 5.03. The fraction of sp³-hybridized carbons (Fsp3) is 1.00. The van der Waals surface area contributed by atoms with Crippen LogP contribution in [0.15, 0.2) is 0 Å². The first-order valence-corrected chi connectivity index (χ1v) is 6.27. The summed E-state index contributed by atoms with van der Waals surface area (Å²) in [5, 5.41) is 4.42. The van der Waals surface area contributed by atoms with Gasteiger partial charge in [-0.05, 0) is 18.6 Å². The zero-order chi connectivity index (χ0) is 9.52. The fourth-order valence-corrected chi connectivity index (χ4v) is 3.15. The molecule has 1 rings (SSSR count). The second-order valence-electron chi connectivity index (χ2n) is 3.48. The van der Waals surface area contributed by atoms with Crippen molar-refractivity contribution in [2.24, 2.45) is 0 Å². The van der Waals surface area contributed by atoms with E-state index in [1.54, 1.807) is 7.11 Å². The van der Waals surface area contributed by atoms with Gasteiger partial charge in [0.2, 0.25) is 0 Å². The maximum Gasteiger partial charge on any atom is 0.0587 e. The number of ether oxygens (including phenoxy) is 1. The molecule has 13 heavy (non-hydrogen) atoms. The van der Waals surface area contributed by atoms with Crippen LogP contribution in [0.4, 0.5) is 0 Å². The predicted octanol–water partition coefficient (Wildman–Crippen LogP) is 1.90. The molecule has 0 aromatic carbocycles. The number of hydrogen-bond acceptors (Lipinski definition) is 3. The molecular weight excluding hydrogens is 182 g/mol. The van der Waals surface area contributed by atoms with Gasteiger partial charge in [-0.25, -0.2) is 0 Å². The summed E-state index contributed by atoms with van der Waals surface area (Å²) in [5.41, 5.74) is 0. The first kappa shape index (κ1) is 11.3. The highest BCUT2D eigenvalue weighted by Crippen LogP contribution is 2.29. The Hall–Kier alpha value is 0.270. The molecule has 3 heteroatoms. The molecule has 0 aromatic rings. The highest BCUT2D eigenvalue weighted by atomic mass is 32.2. The lowest BCUT2D eigenvalue weighted by molar-refractivity contribution is 0.196. The second-order valence-corrected chi connectivity index (χ2v) is 4.99. The molecule has 1 aliphatic carbocycles. The number of hydrogen-bond donors (Lipinski definition) is 1. The van der Waals surface area contributed by atoms with Crippen molar-refractivity contribution >= 4 is 11.8 Å². The summed E-state index contributed by atoms with van der Waals surface area (Å²) >= 11 is 2.10. The zero-order valence-corrected chi connectivity index (χ0v) is 9.53. The highest BCUT2D eigenvalue weighted by molar-refractivity contribution is 7.99. The van der Waals surface area contributed by atoms with Gasteiger partial charge in [-0.15, -0.1) is 0 Å². The zero-order valence-electron chi connectivity index (χ0n) is 8.71. The summed E-state index contributed by atoms with van der Waals surface area (Å²) in [7, 11) is 1.76. The van der Waals surface area contributed by atoms with Crippen LogP contribution in [-0.2, 0) is 4.74 Å². The third-order valence-electron chi connectivity index (χ3n) is 2.55. The third-order valence-corrected chi connectivity index (χ3v) is 3.87. The van der Waals surface area contributed by atoms with E-state index in [-0.39, 0.29) is 0 Å². The highest BCUT2D eigenvalue weighted by Gasteiger charge is 2.26. The minimum absolute atomic E-state index is 0.736. The summed E-state index contributed by atoms with van der Waals surface area (Å²) in [6.45, 7) is 4.08. The molecule has 2 unspecified atom stereocenters. The maximum absolute atomic E-state index is 5.03. The molecule has 0 bridgehead atoms. The molecule has 2 nitrogen and oxygen atoms in total. The monoisotopic (exact) mass is 203 g/mol. The Morgan fingerprint density at radius 2 is 2.31 bits per heavy atom. The van der Waals surface area contributed by atoms with Crippen molar-refractivity contribution in [2.45, 2.75) is 37.5 Å². The molecule has 0 aliphatic heterocycles. The molecule has 1 N–H and O–H groups in total. The molecule has 78 valence electrons. The smallest absolute Gasteiger partial charge is 0.0587 e. The molecule has 0 spiro atoms. The van der Waals surface area contributed by atoms with E-state index in [0.29, 0.717) is 0 Å². The normalized spacial score (nSPS) is 28.2. The Labute approximate surface area is 85.8 Å². The van der Waals surface area contributed by atoms with Crippen LogP contribution in [0.1, 0.15) is 26.2 Å². The first-order valence-electron chi connectivity index (χ1n) is 5.22. The molecular formula is C10H21NOS. The SMILES string of the molecule is CCSC1CCCC1NCCOC. The Morgan fingerprint density at radius 3 is 3.00 bits per heavy atom. The van der Waals surface area contributed by atoms with Gasteiger partial charge in [-0.1, -0.05) is 13.3 Å². The number of nitrogens with one attached hydrogen (secondary N) is 1. The number of thioether (sulfide) groups is 1. The van der Waals surface area contributed by atoms with Crippen LogP contribution in [0.2, 0.25) is 0 Å². The van der Waals surface area contributed by atoms with E-state index >= 15 is 0 Å². The van der Waals surface area contributed by atoms with Gasteiger partial charge in [0.1, 0.15) is 0 Å². The van der Waals surface area contributed by atoms with Crippen LogP contribution < -0.4 is 5.32 Å². The summed E-state index contributed by atoms with van der Waals surface area (Å²) in [5.74, 6) is 1.24. The van der Waals surface area contributed by atoms with Gasteiger partial charge in [-0.3, -0.25) is 0 Å². The van der Waals surface area contributed by atoms with Crippen molar-refractivity contribution in [2.75, 3.05) is 26.0 Å². The van der Waals surface area contributed by atoms with Gasteiger partial charge in [0.25, 0.3) is 0 Å². The van der Waals surface area contributed by atoms with Gasteiger partial charge in [0.15, 0.2) is 0 Å². The Kier molecular flexibility index (Phi) is 5.83. The van der Waals surface area contributed by atoms with Gasteiger partial charge in [0, 0.05) is 24.9 Å². The summed E-state index contributed by atoms with van der Waals surface area (Å²) < 4.78 is 5.03. The molecule has 0 amide bonds. The minimum Gasteiger partial charge on any atom is -0.383 e. The van der Waals surface area contributed by atoms with E-state index in [1.165, 1.54) is 25.0 Å². The molecule has 0 saturated heterocycles. The van der Waals surface area contributed by atoms with Crippen LogP contribution in [-0.4, -0.2) is 37.3 Å². The lowest BCUT2D eigenvalue weighted by Gasteiger charge is -2.19. The van der Waals surface area contributed by atoms with E-state index in [2.05, 4.69) is 24.0 Å². The number of methoxy groups -OCH3 is 1. The van der Waals surface area contributed by atoms with Crippen LogP contribution in [0.25, 0.3) is 0 Å². The van der Waals surface area contributed by atoms with E-state index in [9.17, 15) is 0 Å². The predicted molar refractivity (Wildman–Crippen MR) is 59.4 cm³/mol. The second kappa shape index (κ2) is 6.68. The average molecular weight is 203 g/mol. The Balaban J connectivity index is 2.15. The topological polar surface area (TPSA) is 21.3 Å². The van der Waals surface area contributed by atoms with Crippen molar-refractivity contribution in [1.29, 1.82) is 0 Å². The largest absolute Gasteiger partial charge is 0.383 e. The molecule has 1 saturated carbocycles. The summed E-state index contributed by atoms with van der Waals surface area (Å²) in [6, 6.07) is 0.736. The lowest BCUT2D eigenvalue weighted by atomic mass is 10.2. The lowest BCUT2D eigenvalue weighted by Crippen LogP contribution is -2.36. The Bertz CT molecular complexity index is 132. The molecule has 0 radical (unpaired) electrons. The average Bonchev–Trinajstić information content (AvgIpc) is 2.54.